The SMILES string of the molecule is COc1ccc(OC)c(NC(=O)C(=O)N/N=C/c2ccc(CN(Cc3ccc(Cl)cc3)S(=O)(=O)c3ccc(Cl)cc3)o2)c1. The Morgan fingerprint density at radius 2 is 1.56 bits per heavy atom. The third kappa shape index (κ3) is 8.36. The van der Waals surface area contributed by atoms with Gasteiger partial charge in [0.2, 0.25) is 10.0 Å². The van der Waals surface area contributed by atoms with Crippen LogP contribution in [-0.4, -0.2) is 45.0 Å². The van der Waals surface area contributed by atoms with Crippen molar-refractivity contribution in [2.75, 3.05) is 19.5 Å². The third-order valence-corrected chi connectivity index (χ3v) is 8.27. The standard InChI is InChI=1S/C29H26Cl2N4O7S/c1-40-22-11-14-27(41-2)26(15-22)33-28(36)29(37)34-32-16-23-9-10-24(42-23)18-35(17-19-3-5-20(30)6-4-19)43(38,39)25-12-7-21(31)8-13-25/h3-16H,17-18H2,1-2H3,(H,33,36)(H,34,37)/b32-16+. The van der Waals surface area contributed by atoms with Crippen molar-refractivity contribution in [3.8, 4) is 11.5 Å². The van der Waals surface area contributed by atoms with Gasteiger partial charge < -0.3 is 19.2 Å². The molecule has 0 saturated heterocycles. The van der Waals surface area contributed by atoms with E-state index in [2.05, 4.69) is 15.8 Å². The summed E-state index contributed by atoms with van der Waals surface area (Å²) in [4.78, 5) is 24.7. The Morgan fingerprint density at radius 1 is 0.884 bits per heavy atom. The Hall–Kier alpha value is -4.36. The molecule has 0 bridgehead atoms. The first-order chi connectivity index (χ1) is 20.6. The van der Waals surface area contributed by atoms with Gasteiger partial charge in [0, 0.05) is 22.7 Å². The lowest BCUT2D eigenvalue weighted by Crippen LogP contribution is -2.32. The predicted molar refractivity (Wildman–Crippen MR) is 162 cm³/mol. The molecule has 0 fully saturated rings. The summed E-state index contributed by atoms with van der Waals surface area (Å²) in [7, 11) is -1.08. The highest BCUT2D eigenvalue weighted by molar-refractivity contribution is 7.89. The van der Waals surface area contributed by atoms with Gasteiger partial charge in [-0.2, -0.15) is 9.41 Å². The van der Waals surface area contributed by atoms with Crippen LogP contribution < -0.4 is 20.2 Å². The number of hydrogen-bond acceptors (Lipinski definition) is 8. The molecule has 0 aliphatic heterocycles. The van der Waals surface area contributed by atoms with Crippen LogP contribution in [0, 0.1) is 0 Å². The summed E-state index contributed by atoms with van der Waals surface area (Å²) in [6, 6.07) is 20.5. The normalized spacial score (nSPS) is 11.5. The Kier molecular flexibility index (Phi) is 10.4. The molecular weight excluding hydrogens is 619 g/mol. The van der Waals surface area contributed by atoms with Gasteiger partial charge >= 0.3 is 11.8 Å². The lowest BCUT2D eigenvalue weighted by molar-refractivity contribution is -0.136. The van der Waals surface area contributed by atoms with E-state index in [0.717, 1.165) is 0 Å². The molecule has 0 atom stereocenters. The van der Waals surface area contributed by atoms with Crippen molar-refractivity contribution in [3.05, 3.63) is 106 Å². The monoisotopic (exact) mass is 644 g/mol. The molecule has 4 rings (SSSR count). The minimum absolute atomic E-state index is 0.0372. The maximum atomic E-state index is 13.5. The van der Waals surface area contributed by atoms with Gasteiger partial charge in [0.15, 0.2) is 0 Å². The Morgan fingerprint density at radius 3 is 2.21 bits per heavy atom. The van der Waals surface area contributed by atoms with E-state index in [-0.39, 0.29) is 29.4 Å². The van der Waals surface area contributed by atoms with Gasteiger partial charge in [-0.05, 0) is 66.2 Å². The molecule has 0 unspecified atom stereocenters. The van der Waals surface area contributed by atoms with Crippen LogP contribution in [0.4, 0.5) is 5.69 Å². The number of sulfonamides is 1. The number of methoxy groups -OCH3 is 2. The van der Waals surface area contributed by atoms with Gasteiger partial charge in [-0.25, -0.2) is 13.8 Å². The van der Waals surface area contributed by atoms with Gasteiger partial charge in [0.05, 0.1) is 37.6 Å². The summed E-state index contributed by atoms with van der Waals surface area (Å²) in [6.45, 7) is -0.0753. The van der Waals surface area contributed by atoms with Crippen molar-refractivity contribution >= 4 is 56.9 Å². The fourth-order valence-corrected chi connectivity index (χ4v) is 5.44. The summed E-state index contributed by atoms with van der Waals surface area (Å²) in [5.74, 6) is -0.736. The van der Waals surface area contributed by atoms with Crippen LogP contribution in [0.2, 0.25) is 10.0 Å². The van der Waals surface area contributed by atoms with Crippen LogP contribution in [0.3, 0.4) is 0 Å². The first kappa shape index (κ1) is 31.6. The van der Waals surface area contributed by atoms with Crippen molar-refractivity contribution in [1.29, 1.82) is 0 Å². The molecule has 0 aliphatic rings. The van der Waals surface area contributed by atoms with Gasteiger partial charge in [0.25, 0.3) is 0 Å². The summed E-state index contributed by atoms with van der Waals surface area (Å²) in [5, 5.41) is 7.12. The van der Waals surface area contributed by atoms with E-state index < -0.39 is 21.8 Å². The molecule has 224 valence electrons. The number of furan rings is 1. The first-order valence-corrected chi connectivity index (χ1v) is 14.7. The van der Waals surface area contributed by atoms with Crippen molar-refractivity contribution in [1.82, 2.24) is 9.73 Å². The zero-order valence-corrected chi connectivity index (χ0v) is 25.2. The number of halogens is 2. The van der Waals surface area contributed by atoms with Crippen molar-refractivity contribution in [2.45, 2.75) is 18.0 Å². The molecule has 0 aliphatic carbocycles. The van der Waals surface area contributed by atoms with E-state index in [1.54, 1.807) is 48.5 Å². The second kappa shape index (κ2) is 14.2. The van der Waals surface area contributed by atoms with Gasteiger partial charge in [0.1, 0.15) is 23.0 Å². The van der Waals surface area contributed by atoms with E-state index in [4.69, 9.17) is 37.1 Å². The average molecular weight is 646 g/mol. The second-order valence-electron chi connectivity index (χ2n) is 8.88. The zero-order valence-electron chi connectivity index (χ0n) is 22.9. The van der Waals surface area contributed by atoms with Crippen LogP contribution >= 0.6 is 23.2 Å². The Balaban J connectivity index is 1.44. The van der Waals surface area contributed by atoms with Gasteiger partial charge in [-0.1, -0.05) is 35.3 Å². The first-order valence-electron chi connectivity index (χ1n) is 12.5. The number of amides is 2. The van der Waals surface area contributed by atoms with E-state index in [1.807, 2.05) is 0 Å². The molecule has 43 heavy (non-hydrogen) atoms. The maximum Gasteiger partial charge on any atom is 0.329 e. The molecule has 14 heteroatoms. The summed E-state index contributed by atoms with van der Waals surface area (Å²) in [6.07, 6.45) is 1.18. The minimum atomic E-state index is -3.96. The molecule has 11 nitrogen and oxygen atoms in total. The smallest absolute Gasteiger partial charge is 0.329 e. The molecule has 3 aromatic carbocycles. The number of nitrogens with one attached hydrogen (secondary N) is 2. The molecule has 4 aromatic rings. The van der Waals surface area contributed by atoms with Crippen LogP contribution in [0.1, 0.15) is 17.1 Å². The summed E-state index contributed by atoms with van der Waals surface area (Å²) < 4.78 is 44.4. The topological polar surface area (TPSA) is 140 Å². The molecule has 0 radical (unpaired) electrons. The number of hydrogen-bond donors (Lipinski definition) is 2. The summed E-state index contributed by atoms with van der Waals surface area (Å²) >= 11 is 11.9. The highest BCUT2D eigenvalue weighted by Crippen LogP contribution is 2.29. The van der Waals surface area contributed by atoms with Crippen molar-refractivity contribution < 1.29 is 31.9 Å². The average Bonchev–Trinajstić information content (AvgIpc) is 3.45. The van der Waals surface area contributed by atoms with E-state index in [1.165, 1.54) is 55.1 Å². The molecule has 0 spiro atoms. The summed E-state index contributed by atoms with van der Waals surface area (Å²) in [5.41, 5.74) is 3.06. The zero-order chi connectivity index (χ0) is 31.0. The number of benzene rings is 3. The van der Waals surface area contributed by atoms with Crippen LogP contribution in [-0.2, 0) is 32.7 Å². The Labute approximate surface area is 258 Å². The number of anilines is 1. The van der Waals surface area contributed by atoms with Crippen molar-refractivity contribution in [2.24, 2.45) is 5.10 Å². The highest BCUT2D eigenvalue weighted by Gasteiger charge is 2.26. The predicted octanol–water partition coefficient (Wildman–Crippen LogP) is 5.08. The third-order valence-electron chi connectivity index (χ3n) is 5.96. The Bertz CT molecular complexity index is 1720. The fraction of sp³-hybridized carbons (Fsp3) is 0.138. The molecule has 2 N–H and O–H groups in total. The molecule has 1 heterocycles. The highest BCUT2D eigenvalue weighted by atomic mass is 35.5. The fourth-order valence-electron chi connectivity index (χ4n) is 3.79. The number of nitrogens with zero attached hydrogens (tertiary/aromatic N) is 2. The molecule has 1 aromatic heterocycles. The number of carbonyl (C=O) groups is 2. The minimum Gasteiger partial charge on any atom is -0.497 e. The molecule has 0 saturated carbocycles. The second-order valence-corrected chi connectivity index (χ2v) is 11.7. The lowest BCUT2D eigenvalue weighted by Gasteiger charge is -2.21. The maximum absolute atomic E-state index is 13.5. The number of carbonyl (C=O) groups excluding carboxylic acids is 2. The van der Waals surface area contributed by atoms with Crippen molar-refractivity contribution in [3.63, 3.8) is 0 Å². The van der Waals surface area contributed by atoms with E-state index in [0.29, 0.717) is 32.9 Å². The lowest BCUT2D eigenvalue weighted by atomic mass is 10.2. The number of rotatable bonds is 11. The van der Waals surface area contributed by atoms with E-state index >= 15 is 0 Å². The van der Waals surface area contributed by atoms with Crippen LogP contribution in [0.25, 0.3) is 0 Å². The molecule has 2 amide bonds. The largest absolute Gasteiger partial charge is 0.497 e. The van der Waals surface area contributed by atoms with Gasteiger partial charge in [-0.15, -0.1) is 0 Å². The van der Waals surface area contributed by atoms with E-state index in [9.17, 15) is 18.0 Å². The van der Waals surface area contributed by atoms with Gasteiger partial charge in [-0.3, -0.25) is 9.59 Å². The van der Waals surface area contributed by atoms with Crippen LogP contribution in [0.15, 0.2) is 93.3 Å². The number of ether oxygens (including phenoxy) is 2. The quantitative estimate of drug-likeness (QED) is 0.132. The molecular formula is C29H26Cl2N4O7S. The number of hydrazone groups is 1. The van der Waals surface area contributed by atoms with Crippen LogP contribution in [0.5, 0.6) is 11.5 Å².